The number of aliphatic hydroxyl groups excluding tert-OH is 1. The number of phenols is 2. The molecule has 13 heteroatoms. The van der Waals surface area contributed by atoms with Gasteiger partial charge in [-0.25, -0.2) is 0 Å². The van der Waals surface area contributed by atoms with Gasteiger partial charge in [0.2, 0.25) is 5.78 Å². The first-order chi connectivity index (χ1) is 21.5. The third kappa shape index (κ3) is 5.31. The Kier molecular flexibility index (Phi) is 8.46. The Bertz CT molecular complexity index is 1520. The number of hydrogen-bond donors (Lipinski definition) is 5. The Morgan fingerprint density at radius 1 is 1.07 bits per heavy atom. The second-order valence-corrected chi connectivity index (χ2v) is 12.1. The predicted molar refractivity (Wildman–Crippen MR) is 154 cm³/mol. The zero-order valence-corrected chi connectivity index (χ0v) is 25.0. The molecule has 2 heterocycles. The van der Waals surface area contributed by atoms with Crippen LogP contribution in [-0.4, -0.2) is 94.5 Å². The van der Waals surface area contributed by atoms with Gasteiger partial charge in [-0.1, -0.05) is 12.1 Å². The van der Waals surface area contributed by atoms with E-state index in [2.05, 4.69) is 0 Å². The standard InChI is InChI=1S/C32H37NO12/c1-14-31(45-21-8-3-4-9-42-21)17(33)10-22(43-14)44-19-12-32(40,20(35)13-34)11-16-24(19)30(39)26-25(28(16)37)27(36)15-6-5-7-18(41-2)23(15)29(26)38/h5-7,14,17,19,21-22,31,34,37,39-40H,3-4,8-13,33H2,1-2H3/t14-,17-,19-,21-,22-,31+,32-/m0/s1. The lowest BCUT2D eigenvalue weighted by molar-refractivity contribution is -0.281. The van der Waals surface area contributed by atoms with E-state index in [0.717, 1.165) is 19.3 Å². The molecule has 2 aliphatic heterocycles. The quantitative estimate of drug-likeness (QED) is 0.236. The van der Waals surface area contributed by atoms with E-state index in [0.29, 0.717) is 6.61 Å². The van der Waals surface area contributed by atoms with Crippen LogP contribution in [0.15, 0.2) is 18.2 Å². The predicted octanol–water partition coefficient (Wildman–Crippen LogP) is 1.55. The van der Waals surface area contributed by atoms with Gasteiger partial charge >= 0.3 is 0 Å². The van der Waals surface area contributed by atoms with Crippen molar-refractivity contribution in [1.29, 1.82) is 0 Å². The zero-order valence-electron chi connectivity index (χ0n) is 25.0. The van der Waals surface area contributed by atoms with Crippen LogP contribution >= 0.6 is 0 Å². The van der Waals surface area contributed by atoms with Crippen LogP contribution in [0.5, 0.6) is 17.2 Å². The van der Waals surface area contributed by atoms with Gasteiger partial charge in [0.25, 0.3) is 0 Å². The summed E-state index contributed by atoms with van der Waals surface area (Å²) in [6.07, 6.45) is -2.03. The highest BCUT2D eigenvalue weighted by Gasteiger charge is 2.50. The van der Waals surface area contributed by atoms with E-state index in [1.54, 1.807) is 6.92 Å². The van der Waals surface area contributed by atoms with Crippen molar-refractivity contribution in [2.24, 2.45) is 5.73 Å². The fraction of sp³-hybridized carbons (Fsp3) is 0.531. The lowest BCUT2D eigenvalue weighted by Gasteiger charge is -2.43. The highest BCUT2D eigenvalue weighted by Crippen LogP contribution is 2.52. The maximum Gasteiger partial charge on any atom is 0.202 e. The van der Waals surface area contributed by atoms with E-state index in [9.17, 15) is 34.8 Å². The maximum atomic E-state index is 13.8. The number of carbonyl (C=O) groups excluding carboxylic acids is 3. The number of phenolic OH excluding ortho intramolecular Hbond substituents is 2. The number of ether oxygens (including phenoxy) is 5. The average molecular weight is 628 g/mol. The second kappa shape index (κ2) is 12.1. The van der Waals surface area contributed by atoms with Crippen molar-refractivity contribution in [2.75, 3.05) is 20.3 Å². The third-order valence-electron chi connectivity index (χ3n) is 9.22. The SMILES string of the molecule is COc1cccc2c1C(=O)c1c(O)c3c(c(O)c1C2=O)C[C@@](O)(C(=O)CO)C[C@@H]3O[C@H]1C[C@H](N)[C@H](O[C@H]2CCCCO2)[C@H](C)O1. The number of Topliss-reactive ketones (excluding diaryl/α,β-unsaturated/α-hetero) is 1. The number of hydrogen-bond acceptors (Lipinski definition) is 13. The Morgan fingerprint density at radius 2 is 1.82 bits per heavy atom. The van der Waals surface area contributed by atoms with Crippen molar-refractivity contribution in [3.05, 3.63) is 51.6 Å². The normalized spacial score (nSPS) is 31.1. The summed E-state index contributed by atoms with van der Waals surface area (Å²) >= 11 is 0. The first-order valence-electron chi connectivity index (χ1n) is 15.1. The van der Waals surface area contributed by atoms with Gasteiger partial charge in [-0.2, -0.15) is 0 Å². The third-order valence-corrected chi connectivity index (χ3v) is 9.22. The van der Waals surface area contributed by atoms with Crippen LogP contribution in [0.25, 0.3) is 0 Å². The van der Waals surface area contributed by atoms with Crippen molar-refractivity contribution < 1.29 is 58.5 Å². The average Bonchev–Trinajstić information content (AvgIpc) is 3.02. The molecule has 0 amide bonds. The number of ketones is 3. The second-order valence-electron chi connectivity index (χ2n) is 12.1. The minimum atomic E-state index is -2.24. The molecule has 2 aromatic rings. The molecule has 0 saturated carbocycles. The molecular weight excluding hydrogens is 590 g/mol. The lowest BCUT2D eigenvalue weighted by Crippen LogP contribution is -2.55. The minimum Gasteiger partial charge on any atom is -0.507 e. The first-order valence-corrected chi connectivity index (χ1v) is 15.1. The Labute approximate surface area is 258 Å². The number of rotatable bonds is 7. The largest absolute Gasteiger partial charge is 0.507 e. The molecule has 7 atom stereocenters. The number of carbonyl (C=O) groups is 3. The molecule has 0 aromatic heterocycles. The number of fused-ring (bicyclic) bond motifs is 3. The number of methoxy groups -OCH3 is 1. The molecule has 0 bridgehead atoms. The van der Waals surface area contributed by atoms with Gasteiger partial charge < -0.3 is 49.8 Å². The molecule has 242 valence electrons. The summed E-state index contributed by atoms with van der Waals surface area (Å²) in [7, 11) is 1.34. The van der Waals surface area contributed by atoms with Crippen LogP contribution in [0.1, 0.15) is 88.1 Å². The molecule has 0 spiro atoms. The van der Waals surface area contributed by atoms with Gasteiger partial charge in [0.05, 0.1) is 36.0 Å². The first kappa shape index (κ1) is 31.5. The van der Waals surface area contributed by atoms with E-state index >= 15 is 0 Å². The van der Waals surface area contributed by atoms with Crippen LogP contribution in [0.3, 0.4) is 0 Å². The van der Waals surface area contributed by atoms with Gasteiger partial charge in [-0.15, -0.1) is 0 Å². The molecule has 45 heavy (non-hydrogen) atoms. The van der Waals surface area contributed by atoms with Gasteiger partial charge in [0.1, 0.15) is 35.6 Å². The van der Waals surface area contributed by atoms with Gasteiger partial charge in [-0.3, -0.25) is 14.4 Å². The van der Waals surface area contributed by atoms with E-state index in [1.807, 2.05) is 0 Å². The number of aliphatic hydroxyl groups is 2. The van der Waals surface area contributed by atoms with Gasteiger partial charge in [-0.05, 0) is 32.3 Å². The van der Waals surface area contributed by atoms with Crippen LogP contribution in [0.2, 0.25) is 0 Å². The summed E-state index contributed by atoms with van der Waals surface area (Å²) in [6, 6.07) is 3.86. The van der Waals surface area contributed by atoms with Crippen molar-refractivity contribution in [3.63, 3.8) is 0 Å². The van der Waals surface area contributed by atoms with E-state index < -0.39 is 102 Å². The summed E-state index contributed by atoms with van der Waals surface area (Å²) in [4.78, 5) is 40.2. The fourth-order valence-electron chi connectivity index (χ4n) is 6.95. The summed E-state index contributed by atoms with van der Waals surface area (Å²) in [5.41, 5.74) is 2.98. The van der Waals surface area contributed by atoms with E-state index in [-0.39, 0.29) is 34.4 Å². The molecule has 4 aliphatic rings. The summed E-state index contributed by atoms with van der Waals surface area (Å²) in [5.74, 6) is -3.67. The van der Waals surface area contributed by atoms with Crippen molar-refractivity contribution >= 4 is 17.3 Å². The van der Waals surface area contributed by atoms with Gasteiger partial charge in [0, 0.05) is 48.6 Å². The summed E-state index contributed by atoms with van der Waals surface area (Å²) < 4.78 is 29.5. The molecule has 2 aromatic carbocycles. The monoisotopic (exact) mass is 627 g/mol. The van der Waals surface area contributed by atoms with Crippen LogP contribution in [-0.2, 0) is 30.2 Å². The Balaban J connectivity index is 1.38. The van der Waals surface area contributed by atoms with Crippen molar-refractivity contribution in [3.8, 4) is 17.2 Å². The molecule has 6 rings (SSSR count). The Hall–Kier alpha value is -3.43. The molecule has 2 fully saturated rings. The molecule has 0 radical (unpaired) electrons. The van der Waals surface area contributed by atoms with Crippen LogP contribution < -0.4 is 10.5 Å². The van der Waals surface area contributed by atoms with Crippen LogP contribution in [0.4, 0.5) is 0 Å². The summed E-state index contributed by atoms with van der Waals surface area (Å²) in [5, 5.41) is 44.2. The molecule has 6 N–H and O–H groups in total. The molecule has 2 aliphatic carbocycles. The zero-order chi connectivity index (χ0) is 32.2. The highest BCUT2D eigenvalue weighted by atomic mass is 16.7. The van der Waals surface area contributed by atoms with Crippen molar-refractivity contribution in [2.45, 2.75) is 88.0 Å². The van der Waals surface area contributed by atoms with Crippen molar-refractivity contribution in [1.82, 2.24) is 0 Å². The fourth-order valence-corrected chi connectivity index (χ4v) is 6.95. The Morgan fingerprint density at radius 3 is 2.49 bits per heavy atom. The number of benzene rings is 2. The molecule has 13 nitrogen and oxygen atoms in total. The maximum absolute atomic E-state index is 13.8. The molecule has 2 saturated heterocycles. The van der Waals surface area contributed by atoms with E-state index in [1.165, 1.54) is 25.3 Å². The minimum absolute atomic E-state index is 0.0409. The van der Waals surface area contributed by atoms with E-state index in [4.69, 9.17) is 29.4 Å². The van der Waals surface area contributed by atoms with Crippen LogP contribution in [0, 0.1) is 0 Å². The summed E-state index contributed by atoms with van der Waals surface area (Å²) in [6.45, 7) is 1.35. The molecule has 0 unspecified atom stereocenters. The topological polar surface area (TPSA) is 204 Å². The van der Waals surface area contributed by atoms with Gasteiger partial charge in [0.15, 0.2) is 24.1 Å². The lowest BCUT2D eigenvalue weighted by atomic mass is 9.72. The number of nitrogens with two attached hydrogens (primary N) is 1. The molecular formula is C32H37NO12. The number of aromatic hydroxyl groups is 2. The smallest absolute Gasteiger partial charge is 0.202 e. The highest BCUT2D eigenvalue weighted by molar-refractivity contribution is 6.31.